The van der Waals surface area contributed by atoms with Crippen LogP contribution in [-0.2, 0) is 4.79 Å². The Morgan fingerprint density at radius 3 is 2.59 bits per heavy atom. The molecule has 2 atom stereocenters. The van der Waals surface area contributed by atoms with Crippen molar-refractivity contribution in [3.05, 3.63) is 20.3 Å². The Labute approximate surface area is 112 Å². The van der Waals surface area contributed by atoms with E-state index in [1.165, 1.54) is 11.3 Å². The predicted octanol–water partition coefficient (Wildman–Crippen LogP) is 3.50. The van der Waals surface area contributed by atoms with Gasteiger partial charge in [-0.25, -0.2) is 0 Å². The number of Topliss-reactive ketones (excluding diaryl/α,β-unsaturated/α-hetero) is 1. The number of hydrogen-bond acceptors (Lipinski definition) is 3. The maximum absolute atomic E-state index is 12.3. The van der Waals surface area contributed by atoms with Gasteiger partial charge in [0.15, 0.2) is 5.78 Å². The molecule has 1 aromatic rings. The minimum absolute atomic E-state index is 0.00583. The second-order valence-electron chi connectivity index (χ2n) is 4.41. The van der Waals surface area contributed by atoms with Crippen molar-refractivity contribution in [2.24, 2.45) is 11.8 Å². The van der Waals surface area contributed by atoms with Crippen molar-refractivity contribution >= 4 is 39.0 Å². The lowest BCUT2D eigenvalue weighted by molar-refractivity contribution is -0.142. The number of carboxylic acids is 1. The summed E-state index contributed by atoms with van der Waals surface area (Å²) in [5.41, 5.74) is 1.03. The number of aryl methyl sites for hydroxylation is 1. The minimum atomic E-state index is -0.840. The third-order valence-electron chi connectivity index (χ3n) is 3.27. The standard InChI is InChI=1S/C12H13BrO3S/c1-6-5-9(17-11(6)13)10(14)7-3-2-4-8(7)12(15)16/h5,7-8H,2-4H2,1H3,(H,15,16). The van der Waals surface area contributed by atoms with Crippen molar-refractivity contribution in [2.75, 3.05) is 0 Å². The molecule has 2 rings (SSSR count). The van der Waals surface area contributed by atoms with Crippen molar-refractivity contribution in [1.29, 1.82) is 0 Å². The van der Waals surface area contributed by atoms with Gasteiger partial charge >= 0.3 is 5.97 Å². The number of rotatable bonds is 3. The van der Waals surface area contributed by atoms with Crippen molar-refractivity contribution in [3.8, 4) is 0 Å². The molecule has 3 nitrogen and oxygen atoms in total. The summed E-state index contributed by atoms with van der Waals surface area (Å²) in [6.07, 6.45) is 2.15. The van der Waals surface area contributed by atoms with Crippen LogP contribution in [0.15, 0.2) is 9.85 Å². The first-order valence-electron chi connectivity index (χ1n) is 5.53. The van der Waals surface area contributed by atoms with Gasteiger partial charge < -0.3 is 5.11 Å². The summed E-state index contributed by atoms with van der Waals surface area (Å²) < 4.78 is 0.950. The molecule has 0 bridgehead atoms. The van der Waals surface area contributed by atoms with Crippen molar-refractivity contribution in [1.82, 2.24) is 0 Å². The first kappa shape index (κ1) is 12.8. The van der Waals surface area contributed by atoms with Gasteiger partial charge in [0.25, 0.3) is 0 Å². The second-order valence-corrected chi connectivity index (χ2v) is 6.78. The quantitative estimate of drug-likeness (QED) is 0.868. The van der Waals surface area contributed by atoms with Gasteiger partial charge in [-0.2, -0.15) is 0 Å². The summed E-state index contributed by atoms with van der Waals surface area (Å²) in [6.45, 7) is 1.93. The lowest BCUT2D eigenvalue weighted by atomic mass is 9.91. The van der Waals surface area contributed by atoms with Crippen LogP contribution in [0.4, 0.5) is 0 Å². The van der Waals surface area contributed by atoms with Gasteiger partial charge in [-0.15, -0.1) is 11.3 Å². The highest BCUT2D eigenvalue weighted by molar-refractivity contribution is 9.11. The van der Waals surface area contributed by atoms with E-state index in [9.17, 15) is 9.59 Å². The smallest absolute Gasteiger partial charge is 0.307 e. The van der Waals surface area contributed by atoms with E-state index in [1.807, 2.05) is 13.0 Å². The number of carbonyl (C=O) groups is 2. The lowest BCUT2D eigenvalue weighted by Gasteiger charge is -2.12. The zero-order valence-corrected chi connectivity index (χ0v) is 11.8. The number of halogens is 1. The predicted molar refractivity (Wildman–Crippen MR) is 69.6 cm³/mol. The Balaban J connectivity index is 2.22. The molecule has 1 saturated carbocycles. The largest absolute Gasteiger partial charge is 0.481 e. The fraction of sp³-hybridized carbons (Fsp3) is 0.500. The van der Waals surface area contributed by atoms with Gasteiger partial charge in [0.1, 0.15) is 0 Å². The van der Waals surface area contributed by atoms with Gasteiger partial charge in [-0.1, -0.05) is 6.42 Å². The zero-order valence-electron chi connectivity index (χ0n) is 9.40. The highest BCUT2D eigenvalue weighted by Gasteiger charge is 2.38. The number of carbonyl (C=O) groups excluding carboxylic acids is 1. The van der Waals surface area contributed by atoms with E-state index in [2.05, 4.69) is 15.9 Å². The summed E-state index contributed by atoms with van der Waals surface area (Å²) in [7, 11) is 0. The highest BCUT2D eigenvalue weighted by atomic mass is 79.9. The van der Waals surface area contributed by atoms with E-state index in [-0.39, 0.29) is 11.7 Å². The van der Waals surface area contributed by atoms with Gasteiger partial charge in [0, 0.05) is 5.92 Å². The minimum Gasteiger partial charge on any atom is -0.481 e. The second kappa shape index (κ2) is 4.90. The maximum Gasteiger partial charge on any atom is 0.307 e. The van der Waals surface area contributed by atoms with Gasteiger partial charge in [-0.05, 0) is 47.3 Å². The Hall–Kier alpha value is -0.680. The Bertz CT molecular complexity index is 447. The van der Waals surface area contributed by atoms with E-state index >= 15 is 0 Å². The molecule has 1 heterocycles. The van der Waals surface area contributed by atoms with Gasteiger partial charge in [0.05, 0.1) is 14.6 Å². The van der Waals surface area contributed by atoms with Crippen LogP contribution in [0.2, 0.25) is 0 Å². The number of ketones is 1. The molecule has 0 radical (unpaired) electrons. The average Bonchev–Trinajstić information content (AvgIpc) is 2.85. The summed E-state index contributed by atoms with van der Waals surface area (Å²) in [5.74, 6) is -1.68. The number of aliphatic carboxylic acids is 1. The normalized spacial score (nSPS) is 23.9. The fourth-order valence-corrected chi connectivity index (χ4v) is 3.87. The molecule has 1 fully saturated rings. The Kier molecular flexibility index (Phi) is 3.68. The maximum atomic E-state index is 12.3. The summed E-state index contributed by atoms with van der Waals surface area (Å²) in [5, 5.41) is 9.08. The van der Waals surface area contributed by atoms with Crippen LogP contribution in [0, 0.1) is 18.8 Å². The van der Waals surface area contributed by atoms with Crippen LogP contribution in [0.1, 0.15) is 34.5 Å². The molecule has 5 heteroatoms. The van der Waals surface area contributed by atoms with Crippen LogP contribution in [0.3, 0.4) is 0 Å². The zero-order chi connectivity index (χ0) is 12.6. The Morgan fingerprint density at radius 1 is 1.41 bits per heavy atom. The molecule has 92 valence electrons. The third kappa shape index (κ3) is 2.45. The van der Waals surface area contributed by atoms with Crippen LogP contribution >= 0.6 is 27.3 Å². The van der Waals surface area contributed by atoms with E-state index < -0.39 is 11.9 Å². The molecule has 1 N–H and O–H groups in total. The topological polar surface area (TPSA) is 54.4 Å². The molecule has 1 aliphatic rings. The molecule has 0 amide bonds. The first-order valence-corrected chi connectivity index (χ1v) is 7.14. The first-order chi connectivity index (χ1) is 8.00. The van der Waals surface area contributed by atoms with Crippen molar-refractivity contribution < 1.29 is 14.7 Å². The fourth-order valence-electron chi connectivity index (χ4n) is 2.33. The monoisotopic (exact) mass is 316 g/mol. The molecule has 17 heavy (non-hydrogen) atoms. The number of thiophene rings is 1. The molecular weight excluding hydrogens is 304 g/mol. The average molecular weight is 317 g/mol. The number of hydrogen-bond donors (Lipinski definition) is 1. The van der Waals surface area contributed by atoms with Gasteiger partial charge in [-0.3, -0.25) is 9.59 Å². The molecule has 0 saturated heterocycles. The Morgan fingerprint density at radius 2 is 2.06 bits per heavy atom. The molecule has 2 unspecified atom stereocenters. The van der Waals surface area contributed by atoms with Crippen LogP contribution in [0.25, 0.3) is 0 Å². The van der Waals surface area contributed by atoms with Gasteiger partial charge in [0.2, 0.25) is 0 Å². The SMILES string of the molecule is Cc1cc(C(=O)C2CCCC2C(=O)O)sc1Br. The third-order valence-corrected chi connectivity index (χ3v) is 5.42. The summed E-state index contributed by atoms with van der Waals surface area (Å²) >= 11 is 4.78. The molecule has 1 aliphatic carbocycles. The lowest BCUT2D eigenvalue weighted by Crippen LogP contribution is -2.24. The van der Waals surface area contributed by atoms with E-state index in [1.54, 1.807) is 0 Å². The van der Waals surface area contributed by atoms with Crippen LogP contribution < -0.4 is 0 Å². The van der Waals surface area contributed by atoms with Crippen LogP contribution in [0.5, 0.6) is 0 Å². The molecule has 0 aromatic carbocycles. The summed E-state index contributed by atoms with van der Waals surface area (Å²) in [4.78, 5) is 24.0. The van der Waals surface area contributed by atoms with Crippen LogP contribution in [-0.4, -0.2) is 16.9 Å². The van der Waals surface area contributed by atoms with E-state index in [0.29, 0.717) is 17.7 Å². The molecule has 0 aliphatic heterocycles. The van der Waals surface area contributed by atoms with E-state index in [0.717, 1.165) is 15.8 Å². The molecule has 0 spiro atoms. The summed E-state index contributed by atoms with van der Waals surface area (Å²) in [6, 6.07) is 1.84. The number of carboxylic acid groups (broad SMARTS) is 1. The van der Waals surface area contributed by atoms with E-state index in [4.69, 9.17) is 5.11 Å². The van der Waals surface area contributed by atoms with Crippen molar-refractivity contribution in [3.63, 3.8) is 0 Å². The highest BCUT2D eigenvalue weighted by Crippen LogP contribution is 2.37. The molecular formula is C12H13BrO3S. The molecule has 1 aromatic heterocycles. The van der Waals surface area contributed by atoms with Crippen molar-refractivity contribution in [2.45, 2.75) is 26.2 Å².